The molecule has 18 heavy (non-hydrogen) atoms. The summed E-state index contributed by atoms with van der Waals surface area (Å²) in [5.74, 6) is 0.668. The third-order valence-electron chi connectivity index (χ3n) is 2.62. The van der Waals surface area contributed by atoms with E-state index in [0.29, 0.717) is 15.8 Å². The fourth-order valence-electron chi connectivity index (χ4n) is 1.72. The van der Waals surface area contributed by atoms with Gasteiger partial charge in [0.15, 0.2) is 0 Å². The zero-order valence-corrected chi connectivity index (χ0v) is 12.5. The van der Waals surface area contributed by atoms with Gasteiger partial charge >= 0.3 is 0 Å². The van der Waals surface area contributed by atoms with Gasteiger partial charge in [-0.05, 0) is 31.5 Å². The van der Waals surface area contributed by atoms with Crippen LogP contribution >= 0.6 is 23.2 Å². The van der Waals surface area contributed by atoms with Crippen molar-refractivity contribution in [1.29, 1.82) is 0 Å². The maximum absolute atomic E-state index is 6.12. The smallest absolute Gasteiger partial charge is 0.139 e. The molecular weight excluding hydrogens is 269 g/mol. The Balaban J connectivity index is 2.61. The lowest BCUT2D eigenvalue weighted by Crippen LogP contribution is -2.31. The van der Waals surface area contributed by atoms with E-state index in [1.165, 1.54) is 0 Å². The molecule has 1 unspecified atom stereocenters. The van der Waals surface area contributed by atoms with Crippen LogP contribution in [0.25, 0.3) is 0 Å². The Labute approximate surface area is 120 Å². The average molecular weight is 290 g/mol. The van der Waals surface area contributed by atoms with E-state index >= 15 is 0 Å². The van der Waals surface area contributed by atoms with Crippen LogP contribution in [-0.4, -0.2) is 19.2 Å². The van der Waals surface area contributed by atoms with Crippen molar-refractivity contribution in [3.8, 4) is 5.75 Å². The number of hydrogen-bond donors (Lipinski definition) is 1. The van der Waals surface area contributed by atoms with Gasteiger partial charge in [0.05, 0.1) is 5.02 Å². The van der Waals surface area contributed by atoms with Gasteiger partial charge in [0, 0.05) is 6.54 Å². The van der Waals surface area contributed by atoms with Crippen LogP contribution in [-0.2, 0) is 0 Å². The summed E-state index contributed by atoms with van der Waals surface area (Å²) in [6, 6.07) is 5.48. The first-order valence-corrected chi connectivity index (χ1v) is 7.26. The minimum Gasteiger partial charge on any atom is -0.487 e. The molecule has 0 radical (unpaired) electrons. The quantitative estimate of drug-likeness (QED) is 0.710. The topological polar surface area (TPSA) is 21.3 Å². The Morgan fingerprint density at radius 2 is 2.00 bits per heavy atom. The first kappa shape index (κ1) is 15.6. The molecule has 0 spiro atoms. The number of ether oxygens (including phenoxy) is 1. The van der Waals surface area contributed by atoms with E-state index in [1.807, 2.05) is 12.1 Å². The lowest BCUT2D eigenvalue weighted by atomic mass is 10.2. The number of halogens is 2. The van der Waals surface area contributed by atoms with E-state index in [-0.39, 0.29) is 6.10 Å². The Bertz CT molecular complexity index is 358. The summed E-state index contributed by atoms with van der Waals surface area (Å²) in [5.41, 5.74) is 0. The van der Waals surface area contributed by atoms with Crippen molar-refractivity contribution in [2.24, 2.45) is 0 Å². The minimum atomic E-state index is 0.137. The molecule has 0 amide bonds. The Hall–Kier alpha value is -0.440. The predicted octanol–water partition coefficient (Wildman–Crippen LogP) is 4.54. The van der Waals surface area contributed by atoms with Crippen molar-refractivity contribution in [1.82, 2.24) is 5.32 Å². The van der Waals surface area contributed by atoms with E-state index in [1.54, 1.807) is 6.07 Å². The van der Waals surface area contributed by atoms with E-state index in [2.05, 4.69) is 19.2 Å². The zero-order chi connectivity index (χ0) is 13.4. The molecule has 0 aromatic heterocycles. The van der Waals surface area contributed by atoms with Crippen molar-refractivity contribution < 1.29 is 4.74 Å². The molecule has 0 saturated carbocycles. The van der Waals surface area contributed by atoms with Crippen molar-refractivity contribution in [2.45, 2.75) is 39.2 Å². The lowest BCUT2D eigenvalue weighted by molar-refractivity contribution is 0.187. The monoisotopic (exact) mass is 289 g/mol. The van der Waals surface area contributed by atoms with E-state index < -0.39 is 0 Å². The number of benzene rings is 1. The molecule has 102 valence electrons. The summed E-state index contributed by atoms with van der Waals surface area (Å²) in [6.07, 6.45) is 3.34. The second-order valence-corrected chi connectivity index (χ2v) is 5.07. The molecule has 0 aliphatic heterocycles. The van der Waals surface area contributed by atoms with Crippen molar-refractivity contribution >= 4 is 23.2 Å². The highest BCUT2D eigenvalue weighted by molar-refractivity contribution is 6.42. The third kappa shape index (κ3) is 5.05. The van der Waals surface area contributed by atoms with Crippen molar-refractivity contribution in [2.75, 3.05) is 13.1 Å². The minimum absolute atomic E-state index is 0.137. The summed E-state index contributed by atoms with van der Waals surface area (Å²) in [5, 5.41) is 4.40. The molecule has 0 saturated heterocycles. The van der Waals surface area contributed by atoms with Crippen LogP contribution in [0.2, 0.25) is 10.0 Å². The van der Waals surface area contributed by atoms with Crippen LogP contribution < -0.4 is 10.1 Å². The molecule has 4 heteroatoms. The average Bonchev–Trinajstić information content (AvgIpc) is 2.35. The molecule has 1 atom stereocenters. The van der Waals surface area contributed by atoms with Gasteiger partial charge in [0.25, 0.3) is 0 Å². The van der Waals surface area contributed by atoms with E-state index in [0.717, 1.165) is 32.4 Å². The molecule has 1 aromatic rings. The highest BCUT2D eigenvalue weighted by atomic mass is 35.5. The van der Waals surface area contributed by atoms with Crippen LogP contribution in [0, 0.1) is 0 Å². The summed E-state index contributed by atoms with van der Waals surface area (Å²) in [6.45, 7) is 6.14. The molecule has 0 heterocycles. The van der Waals surface area contributed by atoms with Crippen LogP contribution in [0.4, 0.5) is 0 Å². The van der Waals surface area contributed by atoms with E-state index in [4.69, 9.17) is 27.9 Å². The van der Waals surface area contributed by atoms with Gasteiger partial charge in [-0.1, -0.05) is 49.5 Å². The molecule has 0 bridgehead atoms. The van der Waals surface area contributed by atoms with Crippen LogP contribution in [0.15, 0.2) is 18.2 Å². The largest absolute Gasteiger partial charge is 0.487 e. The van der Waals surface area contributed by atoms with Gasteiger partial charge in [-0.3, -0.25) is 0 Å². The van der Waals surface area contributed by atoms with Crippen LogP contribution in [0.5, 0.6) is 5.75 Å². The molecule has 1 aromatic carbocycles. The van der Waals surface area contributed by atoms with Gasteiger partial charge in [-0.15, -0.1) is 0 Å². The summed E-state index contributed by atoms with van der Waals surface area (Å²) >= 11 is 12.1. The zero-order valence-electron chi connectivity index (χ0n) is 11.0. The highest BCUT2D eigenvalue weighted by Crippen LogP contribution is 2.32. The fourth-order valence-corrected chi connectivity index (χ4v) is 2.06. The standard InChI is InChI=1S/C14H21Cl2NO/c1-3-6-11(10-17-9-4-2)18-13-8-5-7-12(15)14(13)16/h5,7-8,11,17H,3-4,6,9-10H2,1-2H3. The molecule has 1 N–H and O–H groups in total. The van der Waals surface area contributed by atoms with Crippen LogP contribution in [0.3, 0.4) is 0 Å². The summed E-state index contributed by atoms with van der Waals surface area (Å²) < 4.78 is 5.93. The van der Waals surface area contributed by atoms with Gasteiger partial charge in [-0.25, -0.2) is 0 Å². The highest BCUT2D eigenvalue weighted by Gasteiger charge is 2.12. The maximum Gasteiger partial charge on any atom is 0.139 e. The SMILES string of the molecule is CCCNCC(CCC)Oc1cccc(Cl)c1Cl. The predicted molar refractivity (Wildman–Crippen MR) is 78.9 cm³/mol. The van der Waals surface area contributed by atoms with Gasteiger partial charge in [-0.2, -0.15) is 0 Å². The van der Waals surface area contributed by atoms with Crippen LogP contribution in [0.1, 0.15) is 33.1 Å². The Morgan fingerprint density at radius 1 is 1.22 bits per heavy atom. The number of nitrogens with one attached hydrogen (secondary N) is 1. The lowest BCUT2D eigenvalue weighted by Gasteiger charge is -2.20. The van der Waals surface area contributed by atoms with Gasteiger partial charge < -0.3 is 10.1 Å². The summed E-state index contributed by atoms with van der Waals surface area (Å²) in [7, 11) is 0. The molecule has 2 nitrogen and oxygen atoms in total. The molecule has 0 fully saturated rings. The first-order valence-electron chi connectivity index (χ1n) is 6.50. The second kappa shape index (κ2) is 8.63. The van der Waals surface area contributed by atoms with Gasteiger partial charge in [0.2, 0.25) is 0 Å². The van der Waals surface area contributed by atoms with E-state index in [9.17, 15) is 0 Å². The number of rotatable bonds is 8. The first-order chi connectivity index (χ1) is 8.69. The molecule has 1 rings (SSSR count). The second-order valence-electron chi connectivity index (χ2n) is 4.28. The summed E-state index contributed by atoms with van der Waals surface area (Å²) in [4.78, 5) is 0. The van der Waals surface area contributed by atoms with Gasteiger partial charge in [0.1, 0.15) is 16.9 Å². The maximum atomic E-state index is 6.12. The Kier molecular flexibility index (Phi) is 7.48. The molecule has 0 aliphatic carbocycles. The normalized spacial score (nSPS) is 12.4. The van der Waals surface area contributed by atoms with Crippen molar-refractivity contribution in [3.63, 3.8) is 0 Å². The third-order valence-corrected chi connectivity index (χ3v) is 3.42. The van der Waals surface area contributed by atoms with Crippen molar-refractivity contribution in [3.05, 3.63) is 28.2 Å². The molecule has 0 aliphatic rings. The Morgan fingerprint density at radius 3 is 2.67 bits per heavy atom. The fraction of sp³-hybridized carbons (Fsp3) is 0.571. The molecular formula is C14H21Cl2NO. The number of hydrogen-bond acceptors (Lipinski definition) is 2.